The van der Waals surface area contributed by atoms with Gasteiger partial charge >= 0.3 is 0 Å². The molecule has 1 radical (unpaired) electrons. The van der Waals surface area contributed by atoms with Gasteiger partial charge in [0, 0.05) is 53.7 Å². The Kier molecular flexibility index (Phi) is 5.23. The van der Waals surface area contributed by atoms with E-state index in [-0.39, 0.29) is 29.6 Å². The van der Waals surface area contributed by atoms with Gasteiger partial charge in [-0.1, -0.05) is 0 Å². The van der Waals surface area contributed by atoms with Gasteiger partial charge in [-0.05, 0) is 27.7 Å². The molecule has 0 aromatic heterocycles. The predicted molar refractivity (Wildman–Crippen MR) is 49.9 cm³/mol. The van der Waals surface area contributed by atoms with E-state index >= 15 is 0 Å². The van der Waals surface area contributed by atoms with E-state index in [1.807, 2.05) is 0 Å². The summed E-state index contributed by atoms with van der Waals surface area (Å²) in [5.41, 5.74) is 0. The molecule has 2 nitrogen and oxygen atoms in total. The average Bonchev–Trinajstić information content (AvgIpc) is 1.84. The number of hydrogen-bond acceptors (Lipinski definition) is 2. The first-order chi connectivity index (χ1) is 4.61. The van der Waals surface area contributed by atoms with E-state index < -0.39 is 0 Å². The van der Waals surface area contributed by atoms with Gasteiger partial charge in [-0.3, -0.25) is 0 Å². The minimum atomic E-state index is 0. The van der Waals surface area contributed by atoms with Gasteiger partial charge in [0.25, 0.3) is 0 Å². The van der Waals surface area contributed by atoms with Gasteiger partial charge in [-0.15, -0.1) is 0 Å². The van der Waals surface area contributed by atoms with Crippen molar-refractivity contribution >= 4 is 29.6 Å². The second kappa shape index (κ2) is 4.83. The first kappa shape index (κ1) is 11.9. The van der Waals surface area contributed by atoms with Crippen LogP contribution in [-0.2, 0) is 0 Å². The molecule has 1 heterocycles. The number of piperazine rings is 1. The third-order valence-corrected chi connectivity index (χ3v) is 2.55. The number of hydrogen-bond donors (Lipinski definition) is 2. The van der Waals surface area contributed by atoms with Crippen LogP contribution in [0.15, 0.2) is 0 Å². The molecular weight excluding hydrogens is 147 g/mol. The molecule has 1 aliphatic heterocycles. The van der Waals surface area contributed by atoms with Crippen LogP contribution in [0.5, 0.6) is 0 Å². The van der Waals surface area contributed by atoms with Crippen molar-refractivity contribution in [1.29, 1.82) is 0 Å². The molecule has 0 amide bonds. The Bertz CT molecular complexity index is 92.7. The van der Waals surface area contributed by atoms with Crippen molar-refractivity contribution in [2.75, 3.05) is 0 Å². The van der Waals surface area contributed by atoms with Crippen molar-refractivity contribution in [2.45, 2.75) is 51.9 Å². The van der Waals surface area contributed by atoms with Crippen molar-refractivity contribution in [3.8, 4) is 0 Å². The van der Waals surface area contributed by atoms with Gasteiger partial charge in [-0.2, -0.15) is 0 Å². The average molecular weight is 165 g/mol. The standard InChI is InChI=1S/C8H18N2.Na/c1-5-6(2)10-8(4)7(3)9-5;/h5-10H,1-4H3;. The Labute approximate surface area is 91.8 Å². The maximum Gasteiger partial charge on any atom is 0.0193 e. The molecule has 3 heteroatoms. The summed E-state index contributed by atoms with van der Waals surface area (Å²) >= 11 is 0. The Balaban J connectivity index is 0.000001000. The minimum Gasteiger partial charge on any atom is -0.309 e. The van der Waals surface area contributed by atoms with E-state index in [9.17, 15) is 0 Å². The molecule has 1 aliphatic rings. The van der Waals surface area contributed by atoms with E-state index in [0.717, 1.165) is 0 Å². The molecule has 1 fully saturated rings. The van der Waals surface area contributed by atoms with Crippen molar-refractivity contribution in [3.63, 3.8) is 0 Å². The van der Waals surface area contributed by atoms with E-state index in [1.165, 1.54) is 0 Å². The molecule has 1 rings (SSSR count). The van der Waals surface area contributed by atoms with E-state index in [2.05, 4.69) is 38.3 Å². The Hall–Kier alpha value is 0.920. The molecular formula is C8H18N2Na. The van der Waals surface area contributed by atoms with Crippen LogP contribution in [0.25, 0.3) is 0 Å². The van der Waals surface area contributed by atoms with Crippen LogP contribution in [0.2, 0.25) is 0 Å². The molecule has 0 saturated carbocycles. The van der Waals surface area contributed by atoms with Gasteiger partial charge in [0.1, 0.15) is 0 Å². The van der Waals surface area contributed by atoms with Crippen molar-refractivity contribution in [3.05, 3.63) is 0 Å². The van der Waals surface area contributed by atoms with Gasteiger partial charge in [-0.25, -0.2) is 0 Å². The maximum absolute atomic E-state index is 3.52. The summed E-state index contributed by atoms with van der Waals surface area (Å²) in [4.78, 5) is 0. The zero-order chi connectivity index (χ0) is 7.72. The topological polar surface area (TPSA) is 24.1 Å². The molecule has 0 spiro atoms. The fraction of sp³-hybridized carbons (Fsp3) is 1.00. The van der Waals surface area contributed by atoms with E-state index in [1.54, 1.807) is 0 Å². The molecule has 4 unspecified atom stereocenters. The third kappa shape index (κ3) is 3.03. The fourth-order valence-electron chi connectivity index (χ4n) is 1.41. The van der Waals surface area contributed by atoms with Crippen LogP contribution in [0.3, 0.4) is 0 Å². The SMILES string of the molecule is CC1NC(C)C(C)NC1C.[Na]. The normalized spacial score (nSPS) is 44.7. The van der Waals surface area contributed by atoms with Crippen LogP contribution >= 0.6 is 0 Å². The molecule has 0 aliphatic carbocycles. The van der Waals surface area contributed by atoms with Crippen LogP contribution in [0.4, 0.5) is 0 Å². The van der Waals surface area contributed by atoms with Crippen molar-refractivity contribution < 1.29 is 0 Å². The molecule has 0 aromatic rings. The molecule has 2 N–H and O–H groups in total. The minimum absolute atomic E-state index is 0. The number of rotatable bonds is 0. The summed E-state index contributed by atoms with van der Waals surface area (Å²) in [6, 6.07) is 2.41. The third-order valence-electron chi connectivity index (χ3n) is 2.55. The predicted octanol–water partition coefficient (Wildman–Crippen LogP) is 0.352. The zero-order valence-corrected chi connectivity index (χ0v) is 10.3. The van der Waals surface area contributed by atoms with Gasteiger partial charge in [0.2, 0.25) is 0 Å². The largest absolute Gasteiger partial charge is 0.309 e. The second-order valence-electron chi connectivity index (χ2n) is 3.49. The summed E-state index contributed by atoms with van der Waals surface area (Å²) in [5.74, 6) is 0. The van der Waals surface area contributed by atoms with Gasteiger partial charge in [0.15, 0.2) is 0 Å². The second-order valence-corrected chi connectivity index (χ2v) is 3.49. The summed E-state index contributed by atoms with van der Waals surface area (Å²) < 4.78 is 0. The monoisotopic (exact) mass is 165 g/mol. The Morgan fingerprint density at radius 1 is 0.636 bits per heavy atom. The molecule has 0 bridgehead atoms. The van der Waals surface area contributed by atoms with Crippen LogP contribution < -0.4 is 10.6 Å². The van der Waals surface area contributed by atoms with E-state index in [0.29, 0.717) is 24.2 Å². The van der Waals surface area contributed by atoms with Gasteiger partial charge in [0.05, 0.1) is 0 Å². The summed E-state index contributed by atoms with van der Waals surface area (Å²) in [5, 5.41) is 7.03. The molecule has 4 atom stereocenters. The van der Waals surface area contributed by atoms with E-state index in [4.69, 9.17) is 0 Å². The Morgan fingerprint density at radius 2 is 0.818 bits per heavy atom. The van der Waals surface area contributed by atoms with Crippen molar-refractivity contribution in [2.24, 2.45) is 0 Å². The first-order valence-electron chi connectivity index (χ1n) is 4.13. The van der Waals surface area contributed by atoms with Crippen LogP contribution in [-0.4, -0.2) is 53.7 Å². The van der Waals surface area contributed by atoms with Gasteiger partial charge < -0.3 is 10.6 Å². The quantitative estimate of drug-likeness (QED) is 0.506. The molecule has 61 valence electrons. The smallest absolute Gasteiger partial charge is 0.0193 e. The summed E-state index contributed by atoms with van der Waals surface area (Å²) in [7, 11) is 0. The molecule has 1 saturated heterocycles. The fourth-order valence-corrected chi connectivity index (χ4v) is 1.41. The zero-order valence-electron chi connectivity index (χ0n) is 8.31. The number of nitrogens with one attached hydrogen (secondary N) is 2. The van der Waals surface area contributed by atoms with Crippen LogP contribution in [0, 0.1) is 0 Å². The Morgan fingerprint density at radius 3 is 1.00 bits per heavy atom. The van der Waals surface area contributed by atoms with Crippen LogP contribution in [0.1, 0.15) is 27.7 Å². The maximum atomic E-state index is 3.52. The van der Waals surface area contributed by atoms with Crippen molar-refractivity contribution in [1.82, 2.24) is 10.6 Å². The molecule has 0 aromatic carbocycles. The molecule has 11 heavy (non-hydrogen) atoms. The first-order valence-corrected chi connectivity index (χ1v) is 4.13. The summed E-state index contributed by atoms with van der Waals surface area (Å²) in [6.45, 7) is 8.89. The summed E-state index contributed by atoms with van der Waals surface area (Å²) in [6.07, 6.45) is 0.